The number of amides is 1. The number of halogens is 1. The summed E-state index contributed by atoms with van der Waals surface area (Å²) in [7, 11) is 0. The van der Waals surface area contributed by atoms with Gasteiger partial charge in [-0.3, -0.25) is 4.79 Å². The average Bonchev–Trinajstić information content (AvgIpc) is 2.41. The zero-order valence-corrected chi connectivity index (χ0v) is 11.4. The van der Waals surface area contributed by atoms with E-state index in [2.05, 4.69) is 31.2 Å². The molecule has 0 bridgehead atoms. The predicted molar refractivity (Wildman–Crippen MR) is 73.5 cm³/mol. The van der Waals surface area contributed by atoms with E-state index < -0.39 is 0 Å². The number of carbonyl (C=O) groups excluding carboxylic acids is 1. The van der Waals surface area contributed by atoms with Crippen LogP contribution in [0.1, 0.15) is 22.8 Å². The van der Waals surface area contributed by atoms with Gasteiger partial charge in [-0.2, -0.15) is 0 Å². The maximum absolute atomic E-state index is 12.0. The van der Waals surface area contributed by atoms with Crippen LogP contribution in [0.3, 0.4) is 0 Å². The van der Waals surface area contributed by atoms with Crippen molar-refractivity contribution in [1.82, 2.24) is 9.97 Å². The third-order valence-corrected chi connectivity index (χ3v) is 3.01. The van der Waals surface area contributed by atoms with Crippen LogP contribution in [0, 0.1) is 0 Å². The summed E-state index contributed by atoms with van der Waals surface area (Å²) in [6.45, 7) is 2.04. The van der Waals surface area contributed by atoms with Crippen LogP contribution in [0.4, 0.5) is 5.69 Å². The van der Waals surface area contributed by atoms with Crippen molar-refractivity contribution in [3.05, 3.63) is 52.5 Å². The van der Waals surface area contributed by atoms with Crippen LogP contribution in [-0.4, -0.2) is 15.9 Å². The van der Waals surface area contributed by atoms with Crippen molar-refractivity contribution < 1.29 is 4.79 Å². The first-order valence-corrected chi connectivity index (χ1v) is 6.34. The maximum atomic E-state index is 12.0. The molecule has 0 atom stereocenters. The maximum Gasteiger partial charge on any atom is 0.258 e. The molecule has 4 nitrogen and oxygen atoms in total. The lowest BCUT2D eigenvalue weighted by molar-refractivity contribution is 0.102. The van der Waals surface area contributed by atoms with Gasteiger partial charge in [0.25, 0.3) is 5.91 Å². The quantitative estimate of drug-likeness (QED) is 0.948. The van der Waals surface area contributed by atoms with Crippen molar-refractivity contribution in [1.29, 1.82) is 0 Å². The summed E-state index contributed by atoms with van der Waals surface area (Å²) in [6.07, 6.45) is 5.23. The summed E-state index contributed by atoms with van der Waals surface area (Å²) in [6, 6.07) is 5.78. The van der Waals surface area contributed by atoms with E-state index in [4.69, 9.17) is 0 Å². The van der Waals surface area contributed by atoms with Crippen molar-refractivity contribution in [2.75, 3.05) is 5.32 Å². The standard InChI is InChI=1S/C13H12BrN3O/c1-2-9-5-11(14)3-4-12(9)17-13(18)10-6-15-8-16-7-10/h3-8H,2H2,1H3,(H,17,18). The first-order chi connectivity index (χ1) is 8.70. The molecule has 0 spiro atoms. The summed E-state index contributed by atoms with van der Waals surface area (Å²) in [5.41, 5.74) is 2.34. The highest BCUT2D eigenvalue weighted by Crippen LogP contribution is 2.22. The van der Waals surface area contributed by atoms with Gasteiger partial charge in [0.1, 0.15) is 6.33 Å². The second-order valence-electron chi connectivity index (χ2n) is 3.74. The zero-order valence-electron chi connectivity index (χ0n) is 9.85. The molecule has 2 rings (SSSR count). The summed E-state index contributed by atoms with van der Waals surface area (Å²) in [5.74, 6) is -0.201. The lowest BCUT2D eigenvalue weighted by Gasteiger charge is -2.10. The Morgan fingerprint density at radius 1 is 1.33 bits per heavy atom. The molecule has 0 aliphatic heterocycles. The molecule has 0 unspecified atom stereocenters. The molecule has 1 amide bonds. The monoisotopic (exact) mass is 305 g/mol. The lowest BCUT2D eigenvalue weighted by atomic mass is 10.1. The van der Waals surface area contributed by atoms with E-state index in [9.17, 15) is 4.79 Å². The Morgan fingerprint density at radius 2 is 2.06 bits per heavy atom. The van der Waals surface area contributed by atoms with Gasteiger partial charge in [-0.15, -0.1) is 0 Å². The number of aryl methyl sites for hydroxylation is 1. The average molecular weight is 306 g/mol. The van der Waals surface area contributed by atoms with Crippen LogP contribution in [0.25, 0.3) is 0 Å². The van der Waals surface area contributed by atoms with E-state index in [0.29, 0.717) is 5.56 Å². The van der Waals surface area contributed by atoms with Gasteiger partial charge in [-0.1, -0.05) is 22.9 Å². The van der Waals surface area contributed by atoms with E-state index in [0.717, 1.165) is 22.1 Å². The van der Waals surface area contributed by atoms with Gasteiger partial charge in [0.2, 0.25) is 0 Å². The molecule has 2 aromatic rings. The van der Waals surface area contributed by atoms with Crippen LogP contribution >= 0.6 is 15.9 Å². The van der Waals surface area contributed by atoms with Gasteiger partial charge < -0.3 is 5.32 Å². The summed E-state index contributed by atoms with van der Waals surface area (Å²) >= 11 is 3.42. The van der Waals surface area contributed by atoms with Crippen LogP contribution in [0.2, 0.25) is 0 Å². The molecule has 1 aromatic heterocycles. The first kappa shape index (κ1) is 12.7. The van der Waals surface area contributed by atoms with E-state index >= 15 is 0 Å². The molecule has 0 aliphatic carbocycles. The number of anilines is 1. The third kappa shape index (κ3) is 2.92. The SMILES string of the molecule is CCc1cc(Br)ccc1NC(=O)c1cncnc1. The number of nitrogens with zero attached hydrogens (tertiary/aromatic N) is 2. The van der Waals surface area contributed by atoms with Gasteiger partial charge in [-0.25, -0.2) is 9.97 Å². The molecular weight excluding hydrogens is 294 g/mol. The van der Waals surface area contributed by atoms with Gasteiger partial charge in [-0.05, 0) is 30.2 Å². The number of hydrogen-bond acceptors (Lipinski definition) is 3. The second kappa shape index (κ2) is 5.73. The topological polar surface area (TPSA) is 54.9 Å². The van der Waals surface area contributed by atoms with Crippen molar-refractivity contribution >= 4 is 27.5 Å². The Hall–Kier alpha value is -1.75. The lowest BCUT2D eigenvalue weighted by Crippen LogP contribution is -2.13. The smallest absolute Gasteiger partial charge is 0.258 e. The Balaban J connectivity index is 2.22. The van der Waals surface area contributed by atoms with Crippen molar-refractivity contribution in [2.24, 2.45) is 0 Å². The van der Waals surface area contributed by atoms with Crippen LogP contribution in [-0.2, 0) is 6.42 Å². The van der Waals surface area contributed by atoms with Gasteiger partial charge in [0.15, 0.2) is 0 Å². The fourth-order valence-electron chi connectivity index (χ4n) is 1.59. The molecule has 5 heteroatoms. The Labute approximate surface area is 114 Å². The van der Waals surface area contributed by atoms with E-state index in [1.165, 1.54) is 18.7 Å². The number of nitrogens with one attached hydrogen (secondary N) is 1. The minimum Gasteiger partial charge on any atom is -0.322 e. The highest BCUT2D eigenvalue weighted by atomic mass is 79.9. The van der Waals surface area contributed by atoms with Gasteiger partial charge in [0.05, 0.1) is 5.56 Å². The molecule has 0 aliphatic rings. The molecule has 92 valence electrons. The number of carbonyl (C=O) groups is 1. The minimum atomic E-state index is -0.201. The largest absolute Gasteiger partial charge is 0.322 e. The Kier molecular flexibility index (Phi) is 4.04. The zero-order chi connectivity index (χ0) is 13.0. The first-order valence-electron chi connectivity index (χ1n) is 5.55. The Morgan fingerprint density at radius 3 is 2.72 bits per heavy atom. The highest BCUT2D eigenvalue weighted by Gasteiger charge is 2.09. The van der Waals surface area contributed by atoms with Crippen molar-refractivity contribution in [2.45, 2.75) is 13.3 Å². The summed E-state index contributed by atoms with van der Waals surface area (Å²) < 4.78 is 1.00. The molecule has 0 radical (unpaired) electrons. The Bertz CT molecular complexity index is 557. The molecule has 0 fully saturated rings. The summed E-state index contributed by atoms with van der Waals surface area (Å²) in [4.78, 5) is 19.6. The molecule has 0 saturated carbocycles. The van der Waals surface area contributed by atoms with Crippen molar-refractivity contribution in [3.63, 3.8) is 0 Å². The van der Waals surface area contributed by atoms with Gasteiger partial charge in [0, 0.05) is 22.6 Å². The predicted octanol–water partition coefficient (Wildman–Crippen LogP) is 3.05. The highest BCUT2D eigenvalue weighted by molar-refractivity contribution is 9.10. The normalized spacial score (nSPS) is 10.1. The number of benzene rings is 1. The molecule has 1 heterocycles. The van der Waals surface area contributed by atoms with E-state index in [-0.39, 0.29) is 5.91 Å². The minimum absolute atomic E-state index is 0.201. The molecule has 18 heavy (non-hydrogen) atoms. The summed E-state index contributed by atoms with van der Waals surface area (Å²) in [5, 5.41) is 2.87. The molecule has 1 aromatic carbocycles. The van der Waals surface area contributed by atoms with E-state index in [1.807, 2.05) is 25.1 Å². The number of rotatable bonds is 3. The molecular formula is C13H12BrN3O. The number of aromatic nitrogens is 2. The third-order valence-electron chi connectivity index (χ3n) is 2.52. The van der Waals surface area contributed by atoms with Gasteiger partial charge >= 0.3 is 0 Å². The van der Waals surface area contributed by atoms with Crippen LogP contribution in [0.15, 0.2) is 41.4 Å². The second-order valence-corrected chi connectivity index (χ2v) is 4.65. The fraction of sp³-hybridized carbons (Fsp3) is 0.154. The molecule has 0 saturated heterocycles. The van der Waals surface area contributed by atoms with Crippen molar-refractivity contribution in [3.8, 4) is 0 Å². The van der Waals surface area contributed by atoms with Crippen LogP contribution < -0.4 is 5.32 Å². The van der Waals surface area contributed by atoms with Crippen LogP contribution in [0.5, 0.6) is 0 Å². The number of hydrogen-bond donors (Lipinski definition) is 1. The fourth-order valence-corrected chi connectivity index (χ4v) is 2.00. The van der Waals surface area contributed by atoms with E-state index in [1.54, 1.807) is 0 Å². The molecule has 1 N–H and O–H groups in total.